The average Bonchev–Trinajstić information content (AvgIpc) is 2.39. The van der Waals surface area contributed by atoms with Crippen LogP contribution >= 0.6 is 0 Å². The van der Waals surface area contributed by atoms with Crippen molar-refractivity contribution in [2.75, 3.05) is 6.61 Å². The molecule has 0 aromatic rings. The third-order valence-electron chi connectivity index (χ3n) is 2.48. The van der Waals surface area contributed by atoms with Gasteiger partial charge in [0, 0.05) is 18.4 Å². The van der Waals surface area contributed by atoms with E-state index < -0.39 is 0 Å². The minimum atomic E-state index is 0.106. The third kappa shape index (κ3) is 1.33. The molecule has 0 heterocycles. The molecule has 0 spiro atoms. The van der Waals surface area contributed by atoms with E-state index in [-0.39, 0.29) is 12.0 Å². The summed E-state index contributed by atoms with van der Waals surface area (Å²) in [4.78, 5) is 0. The molecule has 0 atom stereocenters. The van der Waals surface area contributed by atoms with Crippen LogP contribution in [-0.4, -0.2) is 11.7 Å². The number of hydrogen-bond donors (Lipinski definition) is 1. The van der Waals surface area contributed by atoms with E-state index in [1.807, 2.05) is 0 Å². The Morgan fingerprint density at radius 2 is 2.00 bits per heavy atom. The van der Waals surface area contributed by atoms with Crippen molar-refractivity contribution in [1.29, 1.82) is 0 Å². The molecule has 1 aliphatic rings. The van der Waals surface area contributed by atoms with Crippen LogP contribution in [0.1, 0.15) is 32.1 Å². The lowest BCUT2D eigenvalue weighted by molar-refractivity contribution is 0.135. The summed E-state index contributed by atoms with van der Waals surface area (Å²) < 4.78 is 0. The molecule has 1 N–H and O–H groups in total. The molecule has 0 unspecified atom stereocenters. The fourth-order valence-corrected chi connectivity index (χ4v) is 1.73. The van der Waals surface area contributed by atoms with Gasteiger partial charge in [-0.15, -0.1) is 12.3 Å². The van der Waals surface area contributed by atoms with Crippen LogP contribution in [0.25, 0.3) is 0 Å². The summed E-state index contributed by atoms with van der Waals surface area (Å²) in [6.45, 7) is 0.275. The molecule has 1 heteroatoms. The quantitative estimate of drug-likeness (QED) is 0.574. The molecular weight excluding hydrogens is 124 g/mol. The summed E-state index contributed by atoms with van der Waals surface area (Å²) in [7, 11) is 0. The minimum Gasteiger partial charge on any atom is -0.396 e. The van der Waals surface area contributed by atoms with Gasteiger partial charge in [0.2, 0.25) is 0 Å². The molecule has 56 valence electrons. The van der Waals surface area contributed by atoms with Gasteiger partial charge >= 0.3 is 0 Å². The summed E-state index contributed by atoms with van der Waals surface area (Å²) in [6, 6.07) is 0. The Kier molecular flexibility index (Phi) is 2.34. The van der Waals surface area contributed by atoms with Gasteiger partial charge in [0.15, 0.2) is 0 Å². The number of hydrogen-bond acceptors (Lipinski definition) is 1. The topological polar surface area (TPSA) is 20.2 Å². The fraction of sp³-hybridized carbons (Fsp3) is 0.778. The third-order valence-corrected chi connectivity index (χ3v) is 2.48. The van der Waals surface area contributed by atoms with Gasteiger partial charge < -0.3 is 5.11 Å². The second-order valence-electron chi connectivity index (χ2n) is 3.25. The van der Waals surface area contributed by atoms with E-state index in [0.29, 0.717) is 0 Å². The first-order chi connectivity index (χ1) is 4.83. The predicted molar refractivity (Wildman–Crippen MR) is 41.4 cm³/mol. The van der Waals surface area contributed by atoms with Crippen LogP contribution in [0.15, 0.2) is 0 Å². The van der Waals surface area contributed by atoms with Crippen LogP contribution < -0.4 is 0 Å². The van der Waals surface area contributed by atoms with Gasteiger partial charge in [-0.2, -0.15) is 0 Å². The molecule has 0 aromatic heterocycles. The first-order valence-corrected chi connectivity index (χ1v) is 3.87. The highest BCUT2D eigenvalue weighted by atomic mass is 16.3. The Morgan fingerprint density at radius 3 is 2.40 bits per heavy atom. The Hall–Kier alpha value is -0.480. The summed E-state index contributed by atoms with van der Waals surface area (Å²) in [5, 5.41) is 9.05. The van der Waals surface area contributed by atoms with Crippen molar-refractivity contribution >= 4 is 0 Å². The van der Waals surface area contributed by atoms with Gasteiger partial charge in [-0.3, -0.25) is 0 Å². The number of aliphatic hydroxyl groups excluding tert-OH is 1. The molecule has 0 radical (unpaired) electrons. The molecule has 10 heavy (non-hydrogen) atoms. The molecular formula is C9H14O. The van der Waals surface area contributed by atoms with Crippen LogP contribution in [0.5, 0.6) is 0 Å². The summed E-state index contributed by atoms with van der Waals surface area (Å²) >= 11 is 0. The van der Waals surface area contributed by atoms with Crippen LogP contribution in [0.2, 0.25) is 0 Å². The van der Waals surface area contributed by atoms with Crippen molar-refractivity contribution in [3.8, 4) is 12.3 Å². The molecule has 1 nitrogen and oxygen atoms in total. The van der Waals surface area contributed by atoms with Crippen molar-refractivity contribution in [3.63, 3.8) is 0 Å². The highest BCUT2D eigenvalue weighted by molar-refractivity contribution is 4.96. The highest BCUT2D eigenvalue weighted by Gasteiger charge is 2.31. The molecule has 0 aliphatic heterocycles. The van der Waals surface area contributed by atoms with Crippen molar-refractivity contribution in [2.45, 2.75) is 32.1 Å². The Morgan fingerprint density at radius 1 is 1.40 bits per heavy atom. The molecule has 0 aromatic carbocycles. The Labute approximate surface area is 62.4 Å². The summed E-state index contributed by atoms with van der Waals surface area (Å²) in [5.74, 6) is 2.64. The van der Waals surface area contributed by atoms with Gasteiger partial charge in [-0.25, -0.2) is 0 Å². The average molecular weight is 138 g/mol. The van der Waals surface area contributed by atoms with Gasteiger partial charge in [-0.05, 0) is 12.8 Å². The predicted octanol–water partition coefficient (Wildman–Crippen LogP) is 1.56. The first-order valence-electron chi connectivity index (χ1n) is 3.87. The Balaban J connectivity index is 2.51. The van der Waals surface area contributed by atoms with E-state index in [2.05, 4.69) is 5.92 Å². The zero-order chi connectivity index (χ0) is 7.45. The van der Waals surface area contributed by atoms with Crippen molar-refractivity contribution in [3.05, 3.63) is 0 Å². The molecule has 0 amide bonds. The van der Waals surface area contributed by atoms with Crippen molar-refractivity contribution in [2.24, 2.45) is 5.41 Å². The van der Waals surface area contributed by atoms with Crippen LogP contribution in [-0.2, 0) is 0 Å². The lowest BCUT2D eigenvalue weighted by atomic mass is 9.84. The van der Waals surface area contributed by atoms with E-state index in [1.165, 1.54) is 12.8 Å². The van der Waals surface area contributed by atoms with Crippen LogP contribution in [0.3, 0.4) is 0 Å². The number of aliphatic hydroxyl groups is 1. The van der Waals surface area contributed by atoms with Gasteiger partial charge in [-0.1, -0.05) is 12.8 Å². The van der Waals surface area contributed by atoms with E-state index in [9.17, 15) is 0 Å². The molecule has 1 aliphatic carbocycles. The van der Waals surface area contributed by atoms with Gasteiger partial charge in [0.25, 0.3) is 0 Å². The first kappa shape index (κ1) is 7.63. The van der Waals surface area contributed by atoms with Crippen molar-refractivity contribution < 1.29 is 5.11 Å². The summed E-state index contributed by atoms with van der Waals surface area (Å²) in [6.07, 6.45) is 10.7. The SMILES string of the molecule is C#CCC1(CO)CCCC1. The second-order valence-corrected chi connectivity index (χ2v) is 3.25. The molecule has 0 saturated heterocycles. The van der Waals surface area contributed by atoms with E-state index >= 15 is 0 Å². The lowest BCUT2D eigenvalue weighted by Crippen LogP contribution is -2.20. The zero-order valence-corrected chi connectivity index (χ0v) is 6.27. The van der Waals surface area contributed by atoms with Crippen molar-refractivity contribution in [1.82, 2.24) is 0 Å². The smallest absolute Gasteiger partial charge is 0.0496 e. The molecule has 1 fully saturated rings. The number of rotatable bonds is 2. The largest absolute Gasteiger partial charge is 0.396 e. The minimum absolute atomic E-state index is 0.106. The van der Waals surface area contributed by atoms with Gasteiger partial charge in [0.05, 0.1) is 0 Å². The summed E-state index contributed by atoms with van der Waals surface area (Å²) in [5.41, 5.74) is 0.106. The van der Waals surface area contributed by atoms with Gasteiger partial charge in [0.1, 0.15) is 0 Å². The number of terminal acetylenes is 1. The maximum Gasteiger partial charge on any atom is 0.0496 e. The molecule has 0 bridgehead atoms. The highest BCUT2D eigenvalue weighted by Crippen LogP contribution is 2.39. The lowest BCUT2D eigenvalue weighted by Gasteiger charge is -2.22. The van der Waals surface area contributed by atoms with Crippen LogP contribution in [0.4, 0.5) is 0 Å². The molecule has 1 rings (SSSR count). The van der Waals surface area contributed by atoms with E-state index in [0.717, 1.165) is 19.3 Å². The zero-order valence-electron chi connectivity index (χ0n) is 6.27. The maximum atomic E-state index is 9.05. The van der Waals surface area contributed by atoms with E-state index in [1.54, 1.807) is 0 Å². The van der Waals surface area contributed by atoms with Crippen LogP contribution in [0, 0.1) is 17.8 Å². The monoisotopic (exact) mass is 138 g/mol. The Bertz CT molecular complexity index is 137. The second kappa shape index (κ2) is 3.07. The van der Waals surface area contributed by atoms with E-state index in [4.69, 9.17) is 11.5 Å². The maximum absolute atomic E-state index is 9.05. The normalized spacial score (nSPS) is 22.4. The fourth-order valence-electron chi connectivity index (χ4n) is 1.73. The standard InChI is InChI=1S/C9H14O/c1-2-5-9(8-10)6-3-4-7-9/h1,10H,3-8H2. The molecule has 1 saturated carbocycles.